The van der Waals surface area contributed by atoms with Crippen molar-refractivity contribution in [2.75, 3.05) is 18.4 Å². The monoisotopic (exact) mass is 466 g/mol. The zero-order valence-electron chi connectivity index (χ0n) is 18.5. The lowest BCUT2D eigenvalue weighted by molar-refractivity contribution is -0.161. The Morgan fingerprint density at radius 2 is 1.94 bits per heavy atom. The highest BCUT2D eigenvalue weighted by molar-refractivity contribution is 5.81. The molecular formula is C23H29F3N4O3. The van der Waals surface area contributed by atoms with E-state index in [0.717, 1.165) is 19.3 Å². The number of hydrogen-bond acceptors (Lipinski definition) is 5. The van der Waals surface area contributed by atoms with Gasteiger partial charge in [0.15, 0.2) is 0 Å². The minimum atomic E-state index is -4.51. The molecule has 1 aromatic rings. The second-order valence-electron chi connectivity index (χ2n) is 10.4. The second kappa shape index (κ2) is 7.77. The van der Waals surface area contributed by atoms with Crippen molar-refractivity contribution < 1.29 is 27.5 Å². The molecule has 10 heteroatoms. The zero-order chi connectivity index (χ0) is 23.5. The summed E-state index contributed by atoms with van der Waals surface area (Å²) in [4.78, 5) is 30.5. The number of halogens is 3. The third kappa shape index (κ3) is 3.91. The number of nitrogens with one attached hydrogen (secondary N) is 1. The van der Waals surface area contributed by atoms with Crippen LogP contribution in [0.4, 0.5) is 23.8 Å². The number of nitrogens with zero attached hydrogens (tertiary/aromatic N) is 2. The Labute approximate surface area is 190 Å². The molecular weight excluding hydrogens is 437 g/mol. The Morgan fingerprint density at radius 3 is 2.58 bits per heavy atom. The molecule has 180 valence electrons. The number of hydrogen-bond donors (Lipinski definition) is 2. The summed E-state index contributed by atoms with van der Waals surface area (Å²) in [6.07, 6.45) is 0.794. The average Bonchev–Trinajstić information content (AvgIpc) is 3.17. The van der Waals surface area contributed by atoms with E-state index in [9.17, 15) is 22.8 Å². The number of rotatable bonds is 4. The van der Waals surface area contributed by atoms with Crippen LogP contribution < -0.4 is 11.1 Å². The van der Waals surface area contributed by atoms with E-state index in [1.54, 1.807) is 4.90 Å². The summed E-state index contributed by atoms with van der Waals surface area (Å²) in [5.41, 5.74) is 4.61. The number of primary amides is 1. The predicted molar refractivity (Wildman–Crippen MR) is 113 cm³/mol. The number of amides is 2. The van der Waals surface area contributed by atoms with Gasteiger partial charge in [-0.25, -0.2) is 9.78 Å². The van der Waals surface area contributed by atoms with Crippen molar-refractivity contribution in [1.29, 1.82) is 0 Å². The number of aryl methyl sites for hydroxylation is 1. The number of carbonyl (C=O) groups excluding carboxylic acids is 2. The number of pyridine rings is 1. The lowest BCUT2D eigenvalue weighted by Crippen LogP contribution is -2.59. The highest BCUT2D eigenvalue weighted by Crippen LogP contribution is 2.60. The quantitative estimate of drug-likeness (QED) is 0.705. The Hall–Kier alpha value is -2.52. The number of ether oxygens (including phenoxy) is 1. The van der Waals surface area contributed by atoms with Gasteiger partial charge in [0, 0.05) is 25.3 Å². The van der Waals surface area contributed by atoms with Crippen molar-refractivity contribution in [2.45, 2.75) is 63.8 Å². The molecule has 7 nitrogen and oxygen atoms in total. The van der Waals surface area contributed by atoms with E-state index in [-0.39, 0.29) is 47.8 Å². The third-order valence-electron chi connectivity index (χ3n) is 8.18. The molecule has 6 rings (SSSR count). The molecule has 3 atom stereocenters. The molecule has 3 N–H and O–H groups in total. The van der Waals surface area contributed by atoms with Gasteiger partial charge in [0.25, 0.3) is 0 Å². The van der Waals surface area contributed by atoms with Crippen LogP contribution in [0.1, 0.15) is 49.7 Å². The van der Waals surface area contributed by atoms with Crippen LogP contribution in [0.5, 0.6) is 0 Å². The molecule has 33 heavy (non-hydrogen) atoms. The topological polar surface area (TPSA) is 97.6 Å². The maximum absolute atomic E-state index is 13.5. The van der Waals surface area contributed by atoms with E-state index in [1.807, 2.05) is 0 Å². The SMILES string of the molecule is Cc1ccnc(NC2CCN(C(=O)OC3C4CC5CC3CC(C(N)=O)(C5)C4)C2)c1C(F)(F)F. The number of carbonyl (C=O) groups is 2. The molecule has 4 saturated carbocycles. The summed E-state index contributed by atoms with van der Waals surface area (Å²) in [7, 11) is 0. The molecule has 4 aliphatic carbocycles. The van der Waals surface area contributed by atoms with Crippen molar-refractivity contribution in [3.63, 3.8) is 0 Å². The van der Waals surface area contributed by atoms with Crippen LogP contribution >= 0.6 is 0 Å². The molecule has 5 fully saturated rings. The molecule has 1 aliphatic heterocycles. The van der Waals surface area contributed by atoms with Crippen LogP contribution in [0.2, 0.25) is 0 Å². The molecule has 3 unspecified atom stereocenters. The fraction of sp³-hybridized carbons (Fsp3) is 0.696. The number of alkyl halides is 3. The molecule has 0 aromatic carbocycles. The first-order valence-corrected chi connectivity index (χ1v) is 11.6. The van der Waals surface area contributed by atoms with Crippen molar-refractivity contribution >= 4 is 17.8 Å². The summed E-state index contributed by atoms with van der Waals surface area (Å²) >= 11 is 0. The molecule has 1 saturated heterocycles. The van der Waals surface area contributed by atoms with Gasteiger partial charge < -0.3 is 20.7 Å². The van der Waals surface area contributed by atoms with Crippen molar-refractivity contribution in [1.82, 2.24) is 9.88 Å². The van der Waals surface area contributed by atoms with E-state index in [4.69, 9.17) is 10.5 Å². The van der Waals surface area contributed by atoms with Gasteiger partial charge >= 0.3 is 12.3 Å². The number of likely N-dealkylation sites (tertiary alicyclic amines) is 1. The van der Waals surface area contributed by atoms with Gasteiger partial charge in [0.05, 0.1) is 5.41 Å². The molecule has 0 radical (unpaired) electrons. The molecule has 4 bridgehead atoms. The second-order valence-corrected chi connectivity index (χ2v) is 10.4. The van der Waals surface area contributed by atoms with Gasteiger partial charge in [-0.3, -0.25) is 4.79 Å². The summed E-state index contributed by atoms with van der Waals surface area (Å²) in [6, 6.07) is 0.990. The summed E-state index contributed by atoms with van der Waals surface area (Å²) in [6.45, 7) is 2.06. The fourth-order valence-electron chi connectivity index (χ4n) is 6.93. The first-order chi connectivity index (χ1) is 15.6. The Kier molecular flexibility index (Phi) is 5.25. The minimum absolute atomic E-state index is 0.102. The Balaban J connectivity index is 1.22. The smallest absolute Gasteiger partial charge is 0.420 e. The standard InChI is InChI=1S/C23H29F3N4O3/c1-12-2-4-28-19(17(12)23(24,25)26)29-16-3-5-30(11-16)21(32)33-18-14-6-13-7-15(18)10-22(8-13,9-14)20(27)31/h2,4,13-16,18H,3,5-11H2,1H3,(H2,27,31)(H,28,29). The van der Waals surface area contributed by atoms with Crippen LogP contribution in [-0.2, 0) is 15.7 Å². The minimum Gasteiger partial charge on any atom is -0.446 e. The third-order valence-corrected chi connectivity index (χ3v) is 8.18. The normalized spacial score (nSPS) is 35.0. The van der Waals surface area contributed by atoms with Crippen molar-refractivity contribution in [3.8, 4) is 0 Å². The van der Waals surface area contributed by atoms with Crippen LogP contribution in [0, 0.1) is 30.1 Å². The first kappa shape index (κ1) is 22.3. The largest absolute Gasteiger partial charge is 0.446 e. The van der Waals surface area contributed by atoms with Crippen LogP contribution in [0.25, 0.3) is 0 Å². The van der Waals surface area contributed by atoms with E-state index >= 15 is 0 Å². The lowest BCUT2D eigenvalue weighted by Gasteiger charge is -2.58. The molecule has 0 spiro atoms. The molecule has 2 amide bonds. The summed E-state index contributed by atoms with van der Waals surface area (Å²) in [5.74, 6) is 0.323. The van der Waals surface area contributed by atoms with Gasteiger partial charge in [-0.05, 0) is 74.8 Å². The average molecular weight is 467 g/mol. The number of aromatic nitrogens is 1. The van der Waals surface area contributed by atoms with Gasteiger partial charge in [0.1, 0.15) is 17.5 Å². The fourth-order valence-corrected chi connectivity index (χ4v) is 6.93. The Bertz CT molecular complexity index is 953. The number of anilines is 1. The highest BCUT2D eigenvalue weighted by atomic mass is 19.4. The van der Waals surface area contributed by atoms with Gasteiger partial charge in [0.2, 0.25) is 5.91 Å². The van der Waals surface area contributed by atoms with E-state index < -0.39 is 23.2 Å². The number of nitrogens with two attached hydrogens (primary N) is 1. The van der Waals surface area contributed by atoms with Crippen molar-refractivity contribution in [2.24, 2.45) is 28.9 Å². The van der Waals surface area contributed by atoms with E-state index in [2.05, 4.69) is 10.3 Å². The van der Waals surface area contributed by atoms with Crippen LogP contribution in [0.3, 0.4) is 0 Å². The maximum Gasteiger partial charge on any atom is 0.420 e. The highest BCUT2D eigenvalue weighted by Gasteiger charge is 2.59. The molecule has 5 aliphatic rings. The van der Waals surface area contributed by atoms with Gasteiger partial charge in [-0.2, -0.15) is 13.2 Å². The van der Waals surface area contributed by atoms with E-state index in [0.29, 0.717) is 31.7 Å². The molecule has 2 heterocycles. The summed E-state index contributed by atoms with van der Waals surface area (Å²) in [5, 5.41) is 2.88. The first-order valence-electron chi connectivity index (χ1n) is 11.6. The van der Waals surface area contributed by atoms with Gasteiger partial charge in [-0.1, -0.05) is 0 Å². The zero-order valence-corrected chi connectivity index (χ0v) is 18.5. The maximum atomic E-state index is 13.5. The Morgan fingerprint density at radius 1 is 1.24 bits per heavy atom. The molecule has 1 aromatic heterocycles. The van der Waals surface area contributed by atoms with Crippen molar-refractivity contribution in [3.05, 3.63) is 23.4 Å². The summed E-state index contributed by atoms with van der Waals surface area (Å²) < 4.78 is 46.4. The van der Waals surface area contributed by atoms with Crippen LogP contribution in [0.15, 0.2) is 12.3 Å². The lowest BCUT2D eigenvalue weighted by atomic mass is 9.48. The van der Waals surface area contributed by atoms with Gasteiger partial charge in [-0.15, -0.1) is 0 Å². The predicted octanol–water partition coefficient (Wildman–Crippen LogP) is 3.71. The van der Waals surface area contributed by atoms with E-state index in [1.165, 1.54) is 19.2 Å². The van der Waals surface area contributed by atoms with Crippen LogP contribution in [-0.4, -0.2) is 47.1 Å².